The van der Waals surface area contributed by atoms with Gasteiger partial charge in [-0.05, 0) is 44.5 Å². The van der Waals surface area contributed by atoms with Gasteiger partial charge in [0, 0.05) is 36.1 Å². The van der Waals surface area contributed by atoms with E-state index in [4.69, 9.17) is 0 Å². The number of hydrogen-bond acceptors (Lipinski definition) is 3. The number of piperidine rings is 1. The van der Waals surface area contributed by atoms with Gasteiger partial charge in [0.25, 0.3) is 0 Å². The molecule has 3 nitrogen and oxygen atoms in total. The van der Waals surface area contributed by atoms with Gasteiger partial charge in [-0.1, -0.05) is 48.0 Å². The van der Waals surface area contributed by atoms with Gasteiger partial charge in [-0.15, -0.1) is 0 Å². The third kappa shape index (κ3) is 6.35. The first-order valence-corrected chi connectivity index (χ1v) is 11.1. The molecule has 1 aliphatic heterocycles. The lowest BCUT2D eigenvalue weighted by Crippen LogP contribution is -2.40. The highest BCUT2D eigenvalue weighted by Gasteiger charge is 2.25. The molecular weight excluding hydrogens is 371 g/mol. The Hall–Kier alpha value is -1.85. The van der Waals surface area contributed by atoms with Crippen molar-refractivity contribution in [3.8, 4) is 0 Å². The van der Waals surface area contributed by atoms with Crippen LogP contribution in [0.1, 0.15) is 29.5 Å². The molecule has 1 fully saturated rings. The Morgan fingerprint density at radius 1 is 1.18 bits per heavy atom. The highest BCUT2D eigenvalue weighted by Crippen LogP contribution is 2.20. The van der Waals surface area contributed by atoms with Crippen LogP contribution < -0.4 is 5.32 Å². The molecule has 2 aromatic carbocycles. The first-order chi connectivity index (χ1) is 13.6. The van der Waals surface area contributed by atoms with E-state index >= 15 is 0 Å². The molecule has 1 saturated heterocycles. The van der Waals surface area contributed by atoms with E-state index in [2.05, 4.69) is 41.4 Å². The maximum Gasteiger partial charge on any atom is 0.223 e. The second-order valence-electron chi connectivity index (χ2n) is 7.47. The molecule has 28 heavy (non-hydrogen) atoms. The highest BCUT2D eigenvalue weighted by atomic mass is 32.2. The SMILES string of the molecule is Cc1cccc(CSCCNC(=O)C2CCN(Cc3ccccc3F)CC2)c1. The van der Waals surface area contributed by atoms with Crippen molar-refractivity contribution in [2.24, 2.45) is 5.92 Å². The first kappa shape index (κ1) is 20.9. The molecule has 0 spiro atoms. The van der Waals surface area contributed by atoms with E-state index in [1.54, 1.807) is 6.07 Å². The van der Waals surface area contributed by atoms with E-state index in [1.165, 1.54) is 17.2 Å². The van der Waals surface area contributed by atoms with E-state index in [1.807, 2.05) is 23.9 Å². The lowest BCUT2D eigenvalue weighted by atomic mass is 9.95. The van der Waals surface area contributed by atoms with Crippen molar-refractivity contribution >= 4 is 17.7 Å². The van der Waals surface area contributed by atoms with Crippen LogP contribution in [0.5, 0.6) is 0 Å². The van der Waals surface area contributed by atoms with Crippen LogP contribution in [0.3, 0.4) is 0 Å². The molecule has 0 unspecified atom stereocenters. The van der Waals surface area contributed by atoms with Crippen LogP contribution in [-0.4, -0.2) is 36.2 Å². The fourth-order valence-corrected chi connectivity index (χ4v) is 4.41. The van der Waals surface area contributed by atoms with Crippen LogP contribution >= 0.6 is 11.8 Å². The zero-order valence-electron chi connectivity index (χ0n) is 16.5. The molecular formula is C23H29FN2OS. The number of rotatable bonds is 8. The van der Waals surface area contributed by atoms with Crippen LogP contribution in [0.25, 0.3) is 0 Å². The number of aryl methyl sites for hydroxylation is 1. The molecule has 3 rings (SSSR count). The summed E-state index contributed by atoms with van der Waals surface area (Å²) < 4.78 is 13.8. The molecule has 0 saturated carbocycles. The zero-order valence-corrected chi connectivity index (χ0v) is 17.3. The molecule has 5 heteroatoms. The predicted octanol–water partition coefficient (Wildman–Crippen LogP) is 4.40. The van der Waals surface area contributed by atoms with E-state index in [-0.39, 0.29) is 17.6 Å². The van der Waals surface area contributed by atoms with Crippen molar-refractivity contribution in [1.29, 1.82) is 0 Å². The van der Waals surface area contributed by atoms with Gasteiger partial charge in [0.1, 0.15) is 5.82 Å². The van der Waals surface area contributed by atoms with E-state index < -0.39 is 0 Å². The van der Waals surface area contributed by atoms with Crippen molar-refractivity contribution in [1.82, 2.24) is 10.2 Å². The van der Waals surface area contributed by atoms with Gasteiger partial charge in [0.2, 0.25) is 5.91 Å². The molecule has 1 aliphatic rings. The Morgan fingerprint density at radius 2 is 1.96 bits per heavy atom. The van der Waals surface area contributed by atoms with Gasteiger partial charge in [-0.25, -0.2) is 4.39 Å². The molecule has 150 valence electrons. The van der Waals surface area contributed by atoms with Gasteiger partial charge in [-0.3, -0.25) is 9.69 Å². The number of thioether (sulfide) groups is 1. The number of benzene rings is 2. The topological polar surface area (TPSA) is 32.3 Å². The Bertz CT molecular complexity index is 775. The summed E-state index contributed by atoms with van der Waals surface area (Å²) in [4.78, 5) is 14.6. The van der Waals surface area contributed by atoms with Crippen LogP contribution in [0.2, 0.25) is 0 Å². The summed E-state index contributed by atoms with van der Waals surface area (Å²) in [5.41, 5.74) is 3.35. The summed E-state index contributed by atoms with van der Waals surface area (Å²) in [6.45, 7) is 5.13. The molecule has 1 N–H and O–H groups in total. The second kappa shape index (κ2) is 10.6. The Kier molecular flexibility index (Phi) is 7.92. The Labute approximate surface area is 171 Å². The molecule has 0 aromatic heterocycles. The van der Waals surface area contributed by atoms with Crippen LogP contribution in [0.4, 0.5) is 4.39 Å². The van der Waals surface area contributed by atoms with Crippen LogP contribution in [0.15, 0.2) is 48.5 Å². The quantitative estimate of drug-likeness (QED) is 0.667. The fraction of sp³-hybridized carbons (Fsp3) is 0.435. The molecule has 0 aliphatic carbocycles. The van der Waals surface area contributed by atoms with Crippen LogP contribution in [0, 0.1) is 18.7 Å². The standard InChI is InChI=1S/C23H29FN2OS/c1-18-5-4-6-19(15-18)17-28-14-11-25-23(27)20-9-12-26(13-10-20)16-21-7-2-3-8-22(21)24/h2-8,15,20H,9-14,16-17H2,1H3,(H,25,27). The second-order valence-corrected chi connectivity index (χ2v) is 8.58. The maximum atomic E-state index is 13.8. The lowest BCUT2D eigenvalue weighted by Gasteiger charge is -2.31. The molecule has 0 radical (unpaired) electrons. The third-order valence-electron chi connectivity index (χ3n) is 5.21. The Balaban J connectivity index is 1.31. The molecule has 1 amide bonds. The van der Waals surface area contributed by atoms with Crippen molar-refractivity contribution in [3.63, 3.8) is 0 Å². The number of nitrogens with zero attached hydrogens (tertiary/aromatic N) is 1. The molecule has 2 aromatic rings. The third-order valence-corrected chi connectivity index (χ3v) is 6.24. The van der Waals surface area contributed by atoms with E-state index in [9.17, 15) is 9.18 Å². The normalized spacial score (nSPS) is 15.5. The van der Waals surface area contributed by atoms with Gasteiger partial charge < -0.3 is 5.32 Å². The number of hydrogen-bond donors (Lipinski definition) is 1. The van der Waals surface area contributed by atoms with Crippen molar-refractivity contribution in [2.45, 2.75) is 32.1 Å². The number of carbonyl (C=O) groups is 1. The minimum Gasteiger partial charge on any atom is -0.355 e. The molecule has 0 atom stereocenters. The van der Waals surface area contributed by atoms with Gasteiger partial charge >= 0.3 is 0 Å². The lowest BCUT2D eigenvalue weighted by molar-refractivity contribution is -0.126. The van der Waals surface area contributed by atoms with Gasteiger partial charge in [0.15, 0.2) is 0 Å². The van der Waals surface area contributed by atoms with E-state index in [0.29, 0.717) is 13.1 Å². The minimum absolute atomic E-state index is 0.0821. The van der Waals surface area contributed by atoms with Crippen LogP contribution in [-0.2, 0) is 17.1 Å². The highest BCUT2D eigenvalue weighted by molar-refractivity contribution is 7.98. The zero-order chi connectivity index (χ0) is 19.8. The number of carbonyl (C=O) groups excluding carboxylic acids is 1. The monoisotopic (exact) mass is 400 g/mol. The summed E-state index contributed by atoms with van der Waals surface area (Å²) >= 11 is 1.85. The van der Waals surface area contributed by atoms with Gasteiger partial charge in [-0.2, -0.15) is 11.8 Å². The summed E-state index contributed by atoms with van der Waals surface area (Å²) in [5, 5.41) is 3.09. The number of amides is 1. The average Bonchev–Trinajstić information content (AvgIpc) is 2.70. The van der Waals surface area contributed by atoms with E-state index in [0.717, 1.165) is 43.0 Å². The van der Waals surface area contributed by atoms with Crippen molar-refractivity contribution < 1.29 is 9.18 Å². The average molecular weight is 401 g/mol. The van der Waals surface area contributed by atoms with Crippen molar-refractivity contribution in [3.05, 3.63) is 71.0 Å². The Morgan fingerprint density at radius 3 is 2.71 bits per heavy atom. The summed E-state index contributed by atoms with van der Waals surface area (Å²) in [6, 6.07) is 15.5. The number of halogens is 1. The maximum absolute atomic E-state index is 13.8. The summed E-state index contributed by atoms with van der Waals surface area (Å²) in [7, 11) is 0. The van der Waals surface area contributed by atoms with Gasteiger partial charge in [0.05, 0.1) is 0 Å². The largest absolute Gasteiger partial charge is 0.355 e. The first-order valence-electron chi connectivity index (χ1n) is 9.98. The smallest absolute Gasteiger partial charge is 0.223 e. The fourth-order valence-electron chi connectivity index (χ4n) is 3.60. The van der Waals surface area contributed by atoms with Crippen molar-refractivity contribution in [2.75, 3.05) is 25.4 Å². The number of nitrogens with one attached hydrogen (secondary N) is 1. The minimum atomic E-state index is -0.148. The summed E-state index contributed by atoms with van der Waals surface area (Å²) in [6.07, 6.45) is 1.69. The predicted molar refractivity (Wildman–Crippen MR) is 115 cm³/mol. The summed E-state index contributed by atoms with van der Waals surface area (Å²) in [5.74, 6) is 2.00. The molecule has 0 bridgehead atoms. The number of likely N-dealkylation sites (tertiary alicyclic amines) is 1. The molecule has 1 heterocycles.